The number of aromatic nitrogens is 2. The van der Waals surface area contributed by atoms with E-state index in [9.17, 15) is 0 Å². The number of anilines is 2. The fourth-order valence-corrected chi connectivity index (χ4v) is 4.70. The zero-order valence-corrected chi connectivity index (χ0v) is 20.3. The third-order valence-electron chi connectivity index (χ3n) is 6.42. The maximum Gasteiger partial charge on any atom is 0.225 e. The van der Waals surface area contributed by atoms with Crippen LogP contribution in [0.25, 0.3) is 22.2 Å². The van der Waals surface area contributed by atoms with E-state index in [1.165, 1.54) is 0 Å². The molecule has 0 radical (unpaired) electrons. The molecule has 4 aromatic rings. The summed E-state index contributed by atoms with van der Waals surface area (Å²) in [4.78, 5) is 11.6. The van der Waals surface area contributed by atoms with Crippen LogP contribution in [0.5, 0.6) is 0 Å². The van der Waals surface area contributed by atoms with E-state index in [1.54, 1.807) is 0 Å². The first kappa shape index (κ1) is 22.7. The number of benzene rings is 2. The molecule has 2 aromatic carbocycles. The van der Waals surface area contributed by atoms with Crippen molar-refractivity contribution >= 4 is 34.3 Å². The van der Waals surface area contributed by atoms with Gasteiger partial charge in [0.2, 0.25) is 5.95 Å². The molecule has 1 fully saturated rings. The molecule has 0 saturated heterocycles. The molecule has 6 nitrogen and oxygen atoms in total. The predicted octanol–water partition coefficient (Wildman–Crippen LogP) is 6.12. The van der Waals surface area contributed by atoms with Gasteiger partial charge in [-0.3, -0.25) is 0 Å². The first-order chi connectivity index (χ1) is 16.5. The quantitative estimate of drug-likeness (QED) is 0.335. The average Bonchev–Trinajstić information content (AvgIpc) is 3.32. The molecular formula is C27H30ClN5O. The monoisotopic (exact) mass is 475 g/mol. The summed E-state index contributed by atoms with van der Waals surface area (Å²) in [7, 11) is 4.04. The molecule has 0 bridgehead atoms. The maximum absolute atomic E-state index is 6.03. The number of para-hydroxylation sites is 1. The molecule has 1 aliphatic carbocycles. The van der Waals surface area contributed by atoms with E-state index in [2.05, 4.69) is 16.7 Å². The van der Waals surface area contributed by atoms with Crippen molar-refractivity contribution in [3.05, 3.63) is 71.4 Å². The second-order valence-electron chi connectivity index (χ2n) is 9.13. The highest BCUT2D eigenvalue weighted by molar-refractivity contribution is 6.30. The summed E-state index contributed by atoms with van der Waals surface area (Å²) in [6.07, 6.45) is 4.38. The zero-order valence-electron chi connectivity index (χ0n) is 19.6. The fraction of sp³-hybridized carbons (Fsp3) is 0.333. The first-order valence-corrected chi connectivity index (χ1v) is 12.2. The van der Waals surface area contributed by atoms with Gasteiger partial charge in [0, 0.05) is 42.2 Å². The van der Waals surface area contributed by atoms with Gasteiger partial charge in [-0.15, -0.1) is 0 Å². The number of nitrogens with zero attached hydrogens (tertiary/aromatic N) is 3. The van der Waals surface area contributed by atoms with Gasteiger partial charge in [0.25, 0.3) is 0 Å². The molecule has 0 unspecified atom stereocenters. The van der Waals surface area contributed by atoms with Crippen LogP contribution in [0.15, 0.2) is 65.1 Å². The molecule has 2 N–H and O–H groups in total. The van der Waals surface area contributed by atoms with Crippen LogP contribution in [0, 0.1) is 0 Å². The third kappa shape index (κ3) is 5.18. The number of rotatable bonds is 7. The summed E-state index contributed by atoms with van der Waals surface area (Å²) < 4.78 is 6.03. The average molecular weight is 476 g/mol. The molecule has 34 heavy (non-hydrogen) atoms. The zero-order chi connectivity index (χ0) is 23.5. The second-order valence-corrected chi connectivity index (χ2v) is 9.57. The van der Waals surface area contributed by atoms with Gasteiger partial charge in [0.05, 0.1) is 12.1 Å². The molecule has 7 heteroatoms. The minimum absolute atomic E-state index is 0.384. The molecule has 2 heterocycles. The third-order valence-corrected chi connectivity index (χ3v) is 6.67. The lowest BCUT2D eigenvalue weighted by atomic mass is 9.91. The molecule has 0 spiro atoms. The van der Waals surface area contributed by atoms with Gasteiger partial charge in [-0.2, -0.15) is 4.98 Å². The van der Waals surface area contributed by atoms with Crippen LogP contribution >= 0.6 is 11.6 Å². The molecular weight excluding hydrogens is 446 g/mol. The smallest absolute Gasteiger partial charge is 0.225 e. The topological polar surface area (TPSA) is 66.2 Å². The SMILES string of the molecule is CN(C)c1nc(N[C@H]2CC[C@@H](NCc3ccc(-c4ccc(Cl)cc4)o3)CC2)nc2ccccc12. The van der Waals surface area contributed by atoms with Gasteiger partial charge in [-0.1, -0.05) is 23.7 Å². The molecule has 5 rings (SSSR count). The molecule has 1 aliphatic rings. The normalized spacial score (nSPS) is 18.2. The number of nitrogens with one attached hydrogen (secondary N) is 2. The summed E-state index contributed by atoms with van der Waals surface area (Å²) in [5.41, 5.74) is 2.01. The summed E-state index contributed by atoms with van der Waals surface area (Å²) in [5, 5.41) is 9.05. The Labute approximate surface area is 205 Å². The van der Waals surface area contributed by atoms with Crippen molar-refractivity contribution in [1.82, 2.24) is 15.3 Å². The Bertz CT molecular complexity index is 1250. The van der Waals surface area contributed by atoms with Crippen molar-refractivity contribution in [3.63, 3.8) is 0 Å². The Morgan fingerprint density at radius 2 is 1.65 bits per heavy atom. The van der Waals surface area contributed by atoms with Crippen molar-refractivity contribution in [2.75, 3.05) is 24.3 Å². The van der Waals surface area contributed by atoms with Crippen molar-refractivity contribution in [3.8, 4) is 11.3 Å². The summed E-state index contributed by atoms with van der Waals surface area (Å²) >= 11 is 5.98. The van der Waals surface area contributed by atoms with E-state index >= 15 is 0 Å². The van der Waals surface area contributed by atoms with Crippen LogP contribution in [0.2, 0.25) is 5.02 Å². The molecule has 2 aromatic heterocycles. The number of fused-ring (bicyclic) bond motifs is 1. The van der Waals surface area contributed by atoms with Gasteiger partial charge in [-0.05, 0) is 74.2 Å². The van der Waals surface area contributed by atoms with E-state index in [-0.39, 0.29) is 0 Å². The van der Waals surface area contributed by atoms with Crippen LogP contribution in [-0.2, 0) is 6.54 Å². The van der Waals surface area contributed by atoms with Gasteiger partial charge < -0.3 is 20.0 Å². The minimum atomic E-state index is 0.384. The van der Waals surface area contributed by atoms with Crippen LogP contribution in [0.3, 0.4) is 0 Å². The van der Waals surface area contributed by atoms with E-state index in [0.29, 0.717) is 18.0 Å². The number of hydrogen-bond donors (Lipinski definition) is 2. The van der Waals surface area contributed by atoms with Crippen LogP contribution in [0.4, 0.5) is 11.8 Å². The Balaban J connectivity index is 1.14. The first-order valence-electron chi connectivity index (χ1n) is 11.8. The standard InChI is InChI=1S/C27H30ClN5O/c1-33(2)26-23-5-3-4-6-24(23)31-27(32-26)30-21-13-11-20(12-14-21)29-17-22-15-16-25(34-22)18-7-9-19(28)10-8-18/h3-10,15-16,20-21,29H,11-14,17H2,1-2H3,(H,30,31,32)/t20-,21+. The van der Waals surface area contributed by atoms with Crippen LogP contribution in [-0.4, -0.2) is 36.1 Å². The summed E-state index contributed by atoms with van der Waals surface area (Å²) in [6.45, 7) is 0.732. The predicted molar refractivity (Wildman–Crippen MR) is 140 cm³/mol. The Hall–Kier alpha value is -3.09. The van der Waals surface area contributed by atoms with Gasteiger partial charge in [-0.25, -0.2) is 4.98 Å². The molecule has 0 aliphatic heterocycles. The minimum Gasteiger partial charge on any atom is -0.460 e. The lowest BCUT2D eigenvalue weighted by Gasteiger charge is -2.30. The van der Waals surface area contributed by atoms with E-state index in [4.69, 9.17) is 26.0 Å². The van der Waals surface area contributed by atoms with Gasteiger partial charge >= 0.3 is 0 Å². The highest BCUT2D eigenvalue weighted by Gasteiger charge is 2.22. The van der Waals surface area contributed by atoms with E-state index in [1.807, 2.05) is 73.6 Å². The van der Waals surface area contributed by atoms with Crippen LogP contribution < -0.4 is 15.5 Å². The lowest BCUT2D eigenvalue weighted by Crippen LogP contribution is -2.36. The molecule has 0 amide bonds. The number of hydrogen-bond acceptors (Lipinski definition) is 6. The Morgan fingerprint density at radius 1 is 0.912 bits per heavy atom. The van der Waals surface area contributed by atoms with Crippen LogP contribution in [0.1, 0.15) is 31.4 Å². The van der Waals surface area contributed by atoms with E-state index < -0.39 is 0 Å². The Morgan fingerprint density at radius 3 is 2.41 bits per heavy atom. The largest absolute Gasteiger partial charge is 0.460 e. The van der Waals surface area contributed by atoms with Crippen molar-refractivity contribution < 1.29 is 4.42 Å². The van der Waals surface area contributed by atoms with Gasteiger partial charge in [0.1, 0.15) is 17.3 Å². The number of furan rings is 1. The fourth-order valence-electron chi connectivity index (χ4n) is 4.58. The lowest BCUT2D eigenvalue weighted by molar-refractivity contribution is 0.341. The number of halogens is 1. The summed E-state index contributed by atoms with van der Waals surface area (Å²) in [5.74, 6) is 3.48. The van der Waals surface area contributed by atoms with Gasteiger partial charge in [0.15, 0.2) is 0 Å². The van der Waals surface area contributed by atoms with Crippen molar-refractivity contribution in [1.29, 1.82) is 0 Å². The second kappa shape index (κ2) is 10.0. The maximum atomic E-state index is 6.03. The highest BCUT2D eigenvalue weighted by atomic mass is 35.5. The molecule has 0 atom stereocenters. The van der Waals surface area contributed by atoms with Crippen molar-refractivity contribution in [2.45, 2.75) is 44.3 Å². The Kier molecular flexibility index (Phi) is 6.70. The van der Waals surface area contributed by atoms with Crippen molar-refractivity contribution in [2.24, 2.45) is 0 Å². The van der Waals surface area contributed by atoms with E-state index in [0.717, 1.165) is 71.1 Å². The highest BCUT2D eigenvalue weighted by Crippen LogP contribution is 2.27. The molecule has 176 valence electrons. The molecule has 1 saturated carbocycles. The summed E-state index contributed by atoms with van der Waals surface area (Å²) in [6, 6.07) is 20.8.